The summed E-state index contributed by atoms with van der Waals surface area (Å²) in [5, 5.41) is 9.61. The lowest BCUT2D eigenvalue weighted by molar-refractivity contribution is 0.101. The van der Waals surface area contributed by atoms with Gasteiger partial charge >= 0.3 is 0 Å². The van der Waals surface area contributed by atoms with Crippen LogP contribution in [0.5, 0.6) is 5.75 Å². The Labute approximate surface area is 198 Å². The number of rotatable bonds is 6. The van der Waals surface area contributed by atoms with Crippen molar-refractivity contribution in [2.75, 3.05) is 17.7 Å². The zero-order valence-corrected chi connectivity index (χ0v) is 19.8. The highest BCUT2D eigenvalue weighted by atomic mass is 32.1. The van der Waals surface area contributed by atoms with Crippen molar-refractivity contribution in [3.63, 3.8) is 0 Å². The van der Waals surface area contributed by atoms with Crippen LogP contribution in [0.3, 0.4) is 0 Å². The van der Waals surface area contributed by atoms with Gasteiger partial charge in [0.05, 0.1) is 13.7 Å². The van der Waals surface area contributed by atoms with Gasteiger partial charge in [-0.05, 0) is 81.0 Å². The van der Waals surface area contributed by atoms with Gasteiger partial charge in [0.1, 0.15) is 5.75 Å². The highest BCUT2D eigenvalue weighted by Crippen LogP contribution is 2.13. The first-order chi connectivity index (χ1) is 15.8. The molecule has 0 radical (unpaired) electrons. The molecule has 2 aromatic carbocycles. The molecule has 3 N–H and O–H groups in total. The van der Waals surface area contributed by atoms with E-state index < -0.39 is 0 Å². The summed E-state index contributed by atoms with van der Waals surface area (Å²) in [6.45, 7) is 5.73. The molecule has 0 bridgehead atoms. The van der Waals surface area contributed by atoms with Crippen molar-refractivity contribution < 1.29 is 9.53 Å². The highest BCUT2D eigenvalue weighted by molar-refractivity contribution is 7.80. The van der Waals surface area contributed by atoms with Gasteiger partial charge in [-0.15, -0.1) is 0 Å². The minimum Gasteiger partial charge on any atom is -0.497 e. The van der Waals surface area contributed by atoms with Crippen LogP contribution in [0.4, 0.5) is 11.6 Å². The lowest BCUT2D eigenvalue weighted by Gasteiger charge is -2.14. The molecule has 3 aromatic rings. The lowest BCUT2D eigenvalue weighted by Crippen LogP contribution is -2.39. The summed E-state index contributed by atoms with van der Waals surface area (Å²) in [5.41, 5.74) is 4.05. The summed E-state index contributed by atoms with van der Waals surface area (Å²) in [4.78, 5) is 24.9. The molecule has 1 aromatic heterocycles. The van der Waals surface area contributed by atoms with E-state index in [1.54, 1.807) is 31.4 Å². The molecule has 3 rings (SSSR count). The lowest BCUT2D eigenvalue weighted by atomic mass is 10.1. The molecule has 8 nitrogen and oxygen atoms in total. The maximum absolute atomic E-state index is 11.5. The van der Waals surface area contributed by atoms with Crippen molar-refractivity contribution in [3.8, 4) is 5.75 Å². The molecular weight excluding hydrogens is 436 g/mol. The number of hydrogen-bond donors (Lipinski definition) is 3. The van der Waals surface area contributed by atoms with Gasteiger partial charge in [0.25, 0.3) is 0 Å². The molecule has 0 aliphatic carbocycles. The fourth-order valence-electron chi connectivity index (χ4n) is 2.96. The number of nitrogens with zero attached hydrogens (tertiary/aromatic N) is 3. The smallest absolute Gasteiger partial charge is 0.229 e. The van der Waals surface area contributed by atoms with Crippen molar-refractivity contribution in [3.05, 3.63) is 77.1 Å². The van der Waals surface area contributed by atoms with E-state index in [2.05, 4.69) is 30.9 Å². The van der Waals surface area contributed by atoms with Gasteiger partial charge in [0.2, 0.25) is 11.9 Å². The van der Waals surface area contributed by atoms with Crippen molar-refractivity contribution >= 4 is 40.7 Å². The molecule has 1 heterocycles. The normalized spacial score (nSPS) is 11.0. The van der Waals surface area contributed by atoms with Gasteiger partial charge < -0.3 is 15.4 Å². The zero-order valence-electron chi connectivity index (χ0n) is 19.0. The maximum Gasteiger partial charge on any atom is 0.229 e. The molecule has 170 valence electrons. The molecule has 0 saturated heterocycles. The van der Waals surface area contributed by atoms with Crippen molar-refractivity contribution in [2.24, 2.45) is 4.99 Å². The van der Waals surface area contributed by atoms with Crippen LogP contribution in [0.2, 0.25) is 0 Å². The number of carbonyl (C=O) groups excluding carboxylic acids is 1. The Hall–Kier alpha value is -3.85. The van der Waals surface area contributed by atoms with E-state index >= 15 is 0 Å². The second-order valence-corrected chi connectivity index (χ2v) is 7.73. The number of nitrogens with one attached hydrogen (secondary N) is 3. The number of aliphatic imine (C=N–C) groups is 1. The molecule has 0 saturated carbocycles. The van der Waals surface area contributed by atoms with E-state index in [0.717, 1.165) is 28.4 Å². The predicted molar refractivity (Wildman–Crippen MR) is 135 cm³/mol. The number of anilines is 2. The SMILES string of the molecule is COc1ccc(CN=C(NC(=S)Nc2ccc(C(C)=O)cc2)Nc2nc(C)cc(C)n2)cc1. The molecule has 0 aliphatic heterocycles. The first kappa shape index (κ1) is 23.8. The second-order valence-electron chi connectivity index (χ2n) is 7.32. The van der Waals surface area contributed by atoms with Gasteiger partial charge in [-0.25, -0.2) is 15.0 Å². The van der Waals surface area contributed by atoms with Crippen molar-refractivity contribution in [1.29, 1.82) is 0 Å². The number of aromatic nitrogens is 2. The maximum atomic E-state index is 11.5. The monoisotopic (exact) mass is 462 g/mol. The van der Waals surface area contributed by atoms with Crippen LogP contribution < -0.4 is 20.7 Å². The minimum atomic E-state index is 0.00727. The van der Waals surface area contributed by atoms with E-state index in [-0.39, 0.29) is 5.78 Å². The van der Waals surface area contributed by atoms with Crippen LogP contribution in [0.15, 0.2) is 59.6 Å². The van der Waals surface area contributed by atoms with Crippen LogP contribution in [0.25, 0.3) is 0 Å². The number of ketones is 1. The Morgan fingerprint density at radius 3 is 2.21 bits per heavy atom. The molecule has 0 amide bonds. The first-order valence-corrected chi connectivity index (χ1v) is 10.7. The number of guanidine groups is 1. The Morgan fingerprint density at radius 2 is 1.64 bits per heavy atom. The molecular formula is C24H26N6O2S. The number of carbonyl (C=O) groups is 1. The van der Waals surface area contributed by atoms with Crippen LogP contribution in [0.1, 0.15) is 34.2 Å². The summed E-state index contributed by atoms with van der Waals surface area (Å²) in [5.74, 6) is 1.60. The molecule has 0 atom stereocenters. The quantitative estimate of drug-likeness (QED) is 0.216. The summed E-state index contributed by atoms with van der Waals surface area (Å²) in [6.07, 6.45) is 0. The van der Waals surface area contributed by atoms with E-state index in [1.165, 1.54) is 6.92 Å². The summed E-state index contributed by atoms with van der Waals surface area (Å²) in [6, 6.07) is 16.6. The number of hydrogen-bond acceptors (Lipinski definition) is 6. The number of Topliss-reactive ketones (excluding diaryl/α,β-unsaturated/α-hetero) is 1. The van der Waals surface area contributed by atoms with Crippen LogP contribution >= 0.6 is 12.2 Å². The van der Waals surface area contributed by atoms with Crippen molar-refractivity contribution in [2.45, 2.75) is 27.3 Å². The third-order valence-electron chi connectivity index (χ3n) is 4.57. The van der Waals surface area contributed by atoms with Crippen LogP contribution in [-0.4, -0.2) is 33.9 Å². The van der Waals surface area contributed by atoms with Crippen LogP contribution in [0, 0.1) is 13.8 Å². The summed E-state index contributed by atoms with van der Waals surface area (Å²) >= 11 is 5.46. The molecule has 0 fully saturated rings. The largest absolute Gasteiger partial charge is 0.497 e. The summed E-state index contributed by atoms with van der Waals surface area (Å²) in [7, 11) is 1.63. The number of aryl methyl sites for hydroxylation is 2. The number of benzene rings is 2. The average molecular weight is 463 g/mol. The van der Waals surface area contributed by atoms with Gasteiger partial charge in [0, 0.05) is 22.6 Å². The Kier molecular flexibility index (Phi) is 8.04. The minimum absolute atomic E-state index is 0.00727. The number of thiocarbonyl (C=S) groups is 1. The topological polar surface area (TPSA) is 101 Å². The average Bonchev–Trinajstić information content (AvgIpc) is 2.77. The fraction of sp³-hybridized carbons (Fsp3) is 0.208. The third kappa shape index (κ3) is 7.36. The Bertz CT molecular complexity index is 1140. The zero-order chi connectivity index (χ0) is 23.8. The van der Waals surface area contributed by atoms with Gasteiger partial charge in [-0.1, -0.05) is 12.1 Å². The Morgan fingerprint density at radius 1 is 1.00 bits per heavy atom. The molecule has 0 unspecified atom stereocenters. The van der Waals surface area contributed by atoms with E-state index in [0.29, 0.717) is 29.1 Å². The number of ether oxygens (including phenoxy) is 1. The molecule has 9 heteroatoms. The molecule has 0 aliphatic rings. The van der Waals surface area contributed by atoms with Gasteiger partial charge in [-0.2, -0.15) is 0 Å². The van der Waals surface area contributed by atoms with Crippen LogP contribution in [-0.2, 0) is 6.54 Å². The highest BCUT2D eigenvalue weighted by Gasteiger charge is 2.08. The third-order valence-corrected chi connectivity index (χ3v) is 4.78. The standard InChI is InChI=1S/C24H26N6O2S/c1-15-13-16(2)27-23(26-15)29-22(25-14-18-5-11-21(32-4)12-6-18)30-24(33)28-20-9-7-19(8-10-20)17(3)31/h5-13H,14H2,1-4H3,(H3,25,26,27,28,29,30,33). The predicted octanol–water partition coefficient (Wildman–Crippen LogP) is 4.26. The first-order valence-electron chi connectivity index (χ1n) is 10.3. The van der Waals surface area contributed by atoms with Gasteiger partial charge in [0.15, 0.2) is 10.9 Å². The summed E-state index contributed by atoms with van der Waals surface area (Å²) < 4.78 is 5.20. The Balaban J connectivity index is 1.75. The molecule has 33 heavy (non-hydrogen) atoms. The molecule has 0 spiro atoms. The van der Waals surface area contributed by atoms with Gasteiger partial charge in [-0.3, -0.25) is 10.1 Å². The van der Waals surface area contributed by atoms with Crippen molar-refractivity contribution in [1.82, 2.24) is 15.3 Å². The van der Waals surface area contributed by atoms with E-state index in [1.807, 2.05) is 44.2 Å². The van der Waals surface area contributed by atoms with E-state index in [4.69, 9.17) is 17.0 Å². The van der Waals surface area contributed by atoms with E-state index in [9.17, 15) is 4.79 Å². The second kappa shape index (κ2) is 11.1. The number of methoxy groups -OCH3 is 1. The fourth-order valence-corrected chi connectivity index (χ4v) is 3.17.